The van der Waals surface area contributed by atoms with Crippen LogP contribution in [0, 0.1) is 6.92 Å². The summed E-state index contributed by atoms with van der Waals surface area (Å²) in [5.74, 6) is -0.733. The number of aliphatic carboxylic acids is 1. The number of nitrogens with one attached hydrogen (secondary N) is 1. The molecule has 104 valence electrons. The topological polar surface area (TPSA) is 75.6 Å². The second-order valence-electron chi connectivity index (χ2n) is 4.10. The normalized spacial score (nSPS) is 11.7. The molecule has 0 saturated heterocycles. The third-order valence-electron chi connectivity index (χ3n) is 2.45. The molecule has 0 aliphatic heterocycles. The molecule has 0 aliphatic rings. The number of aryl methyl sites for hydroxylation is 1. The van der Waals surface area contributed by atoms with Crippen LogP contribution in [0.25, 0.3) is 0 Å². The molecule has 0 aliphatic carbocycles. The van der Waals surface area contributed by atoms with Crippen molar-refractivity contribution >= 4 is 23.5 Å². The van der Waals surface area contributed by atoms with Gasteiger partial charge < -0.3 is 15.2 Å². The summed E-state index contributed by atoms with van der Waals surface area (Å²) < 4.78 is 5.50. The van der Waals surface area contributed by atoms with E-state index < -0.39 is 12.1 Å². The van der Waals surface area contributed by atoms with Gasteiger partial charge in [0.2, 0.25) is 0 Å². The standard InChI is InChI=1S/C13H16ClNO4/c1-8-7-10(14)3-4-11(8)19-9(2)13(18)15-6-5-12(16)17/h3-4,7,9H,5-6H2,1-2H3,(H,15,18)(H,16,17). The molecule has 1 atom stereocenters. The van der Waals surface area contributed by atoms with Crippen LogP contribution >= 0.6 is 11.6 Å². The molecule has 0 saturated carbocycles. The Morgan fingerprint density at radius 3 is 2.74 bits per heavy atom. The molecular formula is C13H16ClNO4. The third-order valence-corrected chi connectivity index (χ3v) is 2.68. The van der Waals surface area contributed by atoms with Crippen LogP contribution in [0.15, 0.2) is 18.2 Å². The fraction of sp³-hybridized carbons (Fsp3) is 0.385. The second-order valence-corrected chi connectivity index (χ2v) is 4.54. The molecule has 0 heterocycles. The molecule has 0 spiro atoms. The highest BCUT2D eigenvalue weighted by Gasteiger charge is 2.15. The highest BCUT2D eigenvalue weighted by molar-refractivity contribution is 6.30. The van der Waals surface area contributed by atoms with E-state index in [4.69, 9.17) is 21.4 Å². The number of rotatable bonds is 6. The molecule has 5 nitrogen and oxygen atoms in total. The van der Waals surface area contributed by atoms with Crippen molar-refractivity contribution in [3.05, 3.63) is 28.8 Å². The molecule has 1 aromatic carbocycles. The third kappa shape index (κ3) is 5.18. The highest BCUT2D eigenvalue weighted by Crippen LogP contribution is 2.22. The smallest absolute Gasteiger partial charge is 0.305 e. The number of hydrogen-bond donors (Lipinski definition) is 2. The molecule has 1 unspecified atom stereocenters. The Bertz CT molecular complexity index is 476. The van der Waals surface area contributed by atoms with E-state index in [2.05, 4.69) is 5.32 Å². The number of amides is 1. The Morgan fingerprint density at radius 1 is 1.47 bits per heavy atom. The molecule has 0 radical (unpaired) electrons. The second kappa shape index (κ2) is 6.99. The number of hydrogen-bond acceptors (Lipinski definition) is 3. The van der Waals surface area contributed by atoms with Crippen LogP contribution in [0.5, 0.6) is 5.75 Å². The van der Waals surface area contributed by atoms with Gasteiger partial charge in [0.1, 0.15) is 5.75 Å². The minimum Gasteiger partial charge on any atom is -0.481 e. The van der Waals surface area contributed by atoms with E-state index in [1.165, 1.54) is 0 Å². The predicted molar refractivity (Wildman–Crippen MR) is 71.5 cm³/mol. The quantitative estimate of drug-likeness (QED) is 0.838. The molecule has 6 heteroatoms. The van der Waals surface area contributed by atoms with E-state index in [9.17, 15) is 9.59 Å². The van der Waals surface area contributed by atoms with Crippen LogP contribution in [-0.2, 0) is 9.59 Å². The van der Waals surface area contributed by atoms with E-state index in [0.717, 1.165) is 5.56 Å². The van der Waals surface area contributed by atoms with Crippen molar-refractivity contribution in [2.75, 3.05) is 6.54 Å². The van der Waals surface area contributed by atoms with Crippen molar-refractivity contribution in [2.24, 2.45) is 0 Å². The minimum atomic E-state index is -0.956. The first kappa shape index (κ1) is 15.3. The summed E-state index contributed by atoms with van der Waals surface area (Å²) >= 11 is 5.82. The first-order valence-electron chi connectivity index (χ1n) is 5.82. The molecule has 1 aromatic rings. The van der Waals surface area contributed by atoms with E-state index >= 15 is 0 Å². The van der Waals surface area contributed by atoms with Gasteiger partial charge in [-0.3, -0.25) is 9.59 Å². The largest absolute Gasteiger partial charge is 0.481 e. The minimum absolute atomic E-state index is 0.0848. The maximum Gasteiger partial charge on any atom is 0.305 e. The predicted octanol–water partition coefficient (Wildman–Crippen LogP) is 2.01. The molecule has 0 bridgehead atoms. The zero-order chi connectivity index (χ0) is 14.4. The zero-order valence-electron chi connectivity index (χ0n) is 10.8. The summed E-state index contributed by atoms with van der Waals surface area (Å²) in [6.45, 7) is 3.52. The Hall–Kier alpha value is -1.75. The zero-order valence-corrected chi connectivity index (χ0v) is 11.5. The fourth-order valence-electron chi connectivity index (χ4n) is 1.43. The molecule has 19 heavy (non-hydrogen) atoms. The number of ether oxygens (including phenoxy) is 1. The van der Waals surface area contributed by atoms with Gasteiger partial charge in [0.05, 0.1) is 6.42 Å². The van der Waals surface area contributed by atoms with Gasteiger partial charge in [-0.15, -0.1) is 0 Å². The summed E-state index contributed by atoms with van der Waals surface area (Å²) in [4.78, 5) is 22.0. The lowest BCUT2D eigenvalue weighted by molar-refractivity contribution is -0.137. The SMILES string of the molecule is Cc1cc(Cl)ccc1OC(C)C(=O)NCCC(=O)O. The van der Waals surface area contributed by atoms with Gasteiger partial charge in [-0.1, -0.05) is 11.6 Å². The summed E-state index contributed by atoms with van der Waals surface area (Å²) in [6, 6.07) is 5.11. The van der Waals surface area contributed by atoms with Crippen LogP contribution in [0.3, 0.4) is 0 Å². The number of benzene rings is 1. The lowest BCUT2D eigenvalue weighted by Crippen LogP contribution is -2.37. The van der Waals surface area contributed by atoms with Crippen LogP contribution in [-0.4, -0.2) is 29.6 Å². The van der Waals surface area contributed by atoms with Gasteiger partial charge >= 0.3 is 5.97 Å². The Morgan fingerprint density at radius 2 is 2.16 bits per heavy atom. The van der Waals surface area contributed by atoms with Crippen LogP contribution in [0.2, 0.25) is 5.02 Å². The van der Waals surface area contributed by atoms with Crippen molar-refractivity contribution in [1.82, 2.24) is 5.32 Å². The molecular weight excluding hydrogens is 270 g/mol. The van der Waals surface area contributed by atoms with E-state index in [1.54, 1.807) is 25.1 Å². The number of carbonyl (C=O) groups is 2. The molecule has 0 aromatic heterocycles. The average molecular weight is 286 g/mol. The van der Waals surface area contributed by atoms with Gasteiger partial charge in [-0.2, -0.15) is 0 Å². The van der Waals surface area contributed by atoms with Crippen LogP contribution < -0.4 is 10.1 Å². The Balaban J connectivity index is 2.51. The lowest BCUT2D eigenvalue weighted by atomic mass is 10.2. The van der Waals surface area contributed by atoms with Gasteiger partial charge in [-0.25, -0.2) is 0 Å². The molecule has 1 amide bonds. The fourth-order valence-corrected chi connectivity index (χ4v) is 1.65. The van der Waals surface area contributed by atoms with E-state index in [-0.39, 0.29) is 18.9 Å². The Labute approximate surface area is 116 Å². The van der Waals surface area contributed by atoms with E-state index in [0.29, 0.717) is 10.8 Å². The first-order chi connectivity index (χ1) is 8.90. The number of carboxylic acids is 1. The molecule has 1 rings (SSSR count). The average Bonchev–Trinajstić information content (AvgIpc) is 2.32. The number of carbonyl (C=O) groups excluding carboxylic acids is 1. The number of halogens is 1. The van der Waals surface area contributed by atoms with Crippen molar-refractivity contribution in [3.63, 3.8) is 0 Å². The number of carboxylic acid groups (broad SMARTS) is 1. The van der Waals surface area contributed by atoms with Gasteiger partial charge in [0, 0.05) is 11.6 Å². The summed E-state index contributed by atoms with van der Waals surface area (Å²) in [5, 5.41) is 11.6. The summed E-state index contributed by atoms with van der Waals surface area (Å²) in [7, 11) is 0. The molecule has 0 fully saturated rings. The summed E-state index contributed by atoms with van der Waals surface area (Å²) in [6.07, 6.45) is -0.813. The lowest BCUT2D eigenvalue weighted by Gasteiger charge is -2.16. The van der Waals surface area contributed by atoms with Crippen molar-refractivity contribution < 1.29 is 19.4 Å². The van der Waals surface area contributed by atoms with E-state index in [1.807, 2.05) is 6.92 Å². The van der Waals surface area contributed by atoms with Gasteiger partial charge in [-0.05, 0) is 37.6 Å². The van der Waals surface area contributed by atoms with Gasteiger partial charge in [0.25, 0.3) is 5.91 Å². The van der Waals surface area contributed by atoms with Crippen molar-refractivity contribution in [1.29, 1.82) is 0 Å². The first-order valence-corrected chi connectivity index (χ1v) is 6.20. The van der Waals surface area contributed by atoms with Crippen LogP contribution in [0.1, 0.15) is 18.9 Å². The molecule has 2 N–H and O–H groups in total. The summed E-state index contributed by atoms with van der Waals surface area (Å²) in [5.41, 5.74) is 0.831. The monoisotopic (exact) mass is 285 g/mol. The van der Waals surface area contributed by atoms with Crippen molar-refractivity contribution in [3.8, 4) is 5.75 Å². The van der Waals surface area contributed by atoms with Crippen molar-refractivity contribution in [2.45, 2.75) is 26.4 Å². The Kier molecular flexibility index (Phi) is 5.63. The highest BCUT2D eigenvalue weighted by atomic mass is 35.5. The van der Waals surface area contributed by atoms with Crippen LogP contribution in [0.4, 0.5) is 0 Å². The van der Waals surface area contributed by atoms with Gasteiger partial charge in [0.15, 0.2) is 6.10 Å². The maximum absolute atomic E-state index is 11.7. The maximum atomic E-state index is 11.7.